The van der Waals surface area contributed by atoms with Gasteiger partial charge in [-0.15, -0.1) is 11.3 Å². The van der Waals surface area contributed by atoms with Gasteiger partial charge in [0.25, 0.3) is 10.0 Å². The molecule has 0 bridgehead atoms. The third-order valence-electron chi connectivity index (χ3n) is 4.24. The minimum Gasteiger partial charge on any atom is -0.494 e. The molecule has 1 aromatic carbocycles. The van der Waals surface area contributed by atoms with Gasteiger partial charge in [0.1, 0.15) is 16.4 Å². The molecule has 0 saturated carbocycles. The lowest BCUT2D eigenvalue weighted by Crippen LogP contribution is -2.15. The molecule has 7 nitrogen and oxygen atoms in total. The van der Waals surface area contributed by atoms with Crippen LogP contribution in [0.4, 0.5) is 5.69 Å². The van der Waals surface area contributed by atoms with Crippen molar-refractivity contribution in [2.45, 2.75) is 39.5 Å². The first kappa shape index (κ1) is 21.2. The van der Waals surface area contributed by atoms with Crippen molar-refractivity contribution in [2.75, 3.05) is 17.9 Å². The summed E-state index contributed by atoms with van der Waals surface area (Å²) < 4.78 is 40.7. The molecule has 0 atom stereocenters. The van der Waals surface area contributed by atoms with Crippen molar-refractivity contribution in [3.8, 4) is 22.8 Å². The van der Waals surface area contributed by atoms with E-state index in [1.807, 2.05) is 33.8 Å². The van der Waals surface area contributed by atoms with Gasteiger partial charge in [0.15, 0.2) is 0 Å². The van der Waals surface area contributed by atoms with E-state index in [2.05, 4.69) is 14.9 Å². The summed E-state index contributed by atoms with van der Waals surface area (Å²) in [6.45, 7) is 10.2. The maximum Gasteiger partial charge on any atom is 0.263 e. The average Bonchev–Trinajstić information content (AvgIpc) is 3.19. The van der Waals surface area contributed by atoms with Crippen LogP contribution in [0.1, 0.15) is 29.3 Å². The summed E-state index contributed by atoms with van der Waals surface area (Å²) in [5, 5.41) is 7.15. The molecule has 156 valence electrons. The van der Waals surface area contributed by atoms with Gasteiger partial charge in [-0.1, -0.05) is 0 Å². The zero-order valence-corrected chi connectivity index (χ0v) is 18.8. The van der Waals surface area contributed by atoms with Crippen molar-refractivity contribution in [3.05, 3.63) is 39.7 Å². The lowest BCUT2D eigenvalue weighted by molar-refractivity contribution is 0.332. The third-order valence-corrected chi connectivity index (χ3v) is 6.93. The van der Waals surface area contributed by atoms with Crippen molar-refractivity contribution >= 4 is 27.0 Å². The molecule has 3 aromatic rings. The fourth-order valence-electron chi connectivity index (χ4n) is 3.15. The quantitative estimate of drug-likeness (QED) is 0.537. The number of benzene rings is 1. The highest BCUT2D eigenvalue weighted by Gasteiger charge is 2.28. The molecule has 2 aromatic heterocycles. The number of aryl methyl sites for hydroxylation is 3. The number of nitrogens with zero attached hydrogens (tertiary/aromatic N) is 1. The summed E-state index contributed by atoms with van der Waals surface area (Å²) in [6, 6.07) is 6.94. The maximum absolute atomic E-state index is 13.4. The SMILES string of the molecule is CCOc1ccc(OCC)c(NS(=O)(=O)c2c(C)sc(C)c2-c2cc(C)[nH]n2)c1. The number of sulfonamides is 1. The van der Waals surface area contributed by atoms with E-state index >= 15 is 0 Å². The van der Waals surface area contributed by atoms with Crippen molar-refractivity contribution in [3.63, 3.8) is 0 Å². The Hall–Kier alpha value is -2.52. The van der Waals surface area contributed by atoms with E-state index in [1.54, 1.807) is 25.1 Å². The number of rotatable bonds is 8. The Morgan fingerprint density at radius 3 is 2.41 bits per heavy atom. The van der Waals surface area contributed by atoms with Crippen LogP contribution in [0.3, 0.4) is 0 Å². The molecule has 0 aliphatic carbocycles. The molecule has 0 unspecified atom stereocenters. The fourth-order valence-corrected chi connectivity index (χ4v) is 6.09. The molecule has 2 N–H and O–H groups in total. The number of aromatic nitrogens is 2. The van der Waals surface area contributed by atoms with Gasteiger partial charge in [0, 0.05) is 27.1 Å². The highest BCUT2D eigenvalue weighted by atomic mass is 32.2. The molecule has 0 aliphatic heterocycles. The molecule has 3 rings (SSSR count). The summed E-state index contributed by atoms with van der Waals surface area (Å²) in [5.41, 5.74) is 2.42. The van der Waals surface area contributed by atoms with Crippen LogP contribution in [0, 0.1) is 20.8 Å². The van der Waals surface area contributed by atoms with E-state index in [4.69, 9.17) is 9.47 Å². The van der Waals surface area contributed by atoms with Crippen LogP contribution in [0.15, 0.2) is 29.2 Å². The van der Waals surface area contributed by atoms with E-state index < -0.39 is 10.0 Å². The second kappa shape index (κ2) is 8.46. The van der Waals surface area contributed by atoms with Crippen LogP contribution in [0.2, 0.25) is 0 Å². The second-order valence-corrected chi connectivity index (χ2v) is 9.53. The summed E-state index contributed by atoms with van der Waals surface area (Å²) in [4.78, 5) is 1.82. The molecule has 0 radical (unpaired) electrons. The minimum atomic E-state index is -3.89. The van der Waals surface area contributed by atoms with Gasteiger partial charge in [-0.05, 0) is 52.8 Å². The lowest BCUT2D eigenvalue weighted by atomic mass is 10.2. The Morgan fingerprint density at radius 2 is 1.79 bits per heavy atom. The summed E-state index contributed by atoms with van der Waals surface area (Å²) in [5.74, 6) is 1.01. The first-order chi connectivity index (χ1) is 13.8. The predicted octanol–water partition coefficient (Wildman–Crippen LogP) is 4.66. The molecule has 29 heavy (non-hydrogen) atoms. The minimum absolute atomic E-state index is 0.232. The van der Waals surface area contributed by atoms with Crippen molar-refractivity contribution in [1.82, 2.24) is 10.2 Å². The Balaban J connectivity index is 2.09. The van der Waals surface area contributed by atoms with Gasteiger partial charge in [-0.25, -0.2) is 8.42 Å². The topological polar surface area (TPSA) is 93.3 Å². The van der Waals surface area contributed by atoms with Crippen LogP contribution >= 0.6 is 11.3 Å². The first-order valence-corrected chi connectivity index (χ1v) is 11.6. The number of hydrogen-bond donors (Lipinski definition) is 2. The molecular formula is C20H25N3O4S2. The van der Waals surface area contributed by atoms with Gasteiger partial charge in [0.2, 0.25) is 0 Å². The van der Waals surface area contributed by atoms with Crippen molar-refractivity contribution < 1.29 is 17.9 Å². The second-order valence-electron chi connectivity index (χ2n) is 6.48. The molecular weight excluding hydrogens is 410 g/mol. The number of aromatic amines is 1. The normalized spacial score (nSPS) is 11.5. The van der Waals surface area contributed by atoms with Crippen molar-refractivity contribution in [2.24, 2.45) is 0 Å². The van der Waals surface area contributed by atoms with E-state index in [-0.39, 0.29) is 4.90 Å². The van der Waals surface area contributed by atoms with Crippen LogP contribution in [-0.4, -0.2) is 31.8 Å². The molecule has 0 saturated heterocycles. The molecule has 0 amide bonds. The van der Waals surface area contributed by atoms with E-state index in [0.29, 0.717) is 46.5 Å². The Labute approximate surface area is 175 Å². The summed E-state index contributed by atoms with van der Waals surface area (Å²) in [6.07, 6.45) is 0. The fraction of sp³-hybridized carbons (Fsp3) is 0.350. The number of thiophene rings is 1. The molecule has 9 heteroatoms. The van der Waals surface area contributed by atoms with E-state index in [9.17, 15) is 8.42 Å². The number of nitrogens with one attached hydrogen (secondary N) is 2. The monoisotopic (exact) mass is 435 g/mol. The van der Waals surface area contributed by atoms with Gasteiger partial charge in [0.05, 0.1) is 24.6 Å². The lowest BCUT2D eigenvalue weighted by Gasteiger charge is -2.15. The molecule has 0 fully saturated rings. The van der Waals surface area contributed by atoms with Gasteiger partial charge < -0.3 is 9.47 Å². The number of hydrogen-bond acceptors (Lipinski definition) is 6. The number of ether oxygens (including phenoxy) is 2. The standard InChI is InChI=1S/C20H25N3O4S2/c1-6-26-15-8-9-18(27-7-2)16(11-15)23-29(24,25)20-14(5)28-13(4)19(20)17-10-12(3)21-22-17/h8-11,23H,6-7H2,1-5H3,(H,21,22). The zero-order chi connectivity index (χ0) is 21.2. The maximum atomic E-state index is 13.4. The number of anilines is 1. The van der Waals surface area contributed by atoms with Crippen LogP contribution in [0.5, 0.6) is 11.5 Å². The first-order valence-electron chi connectivity index (χ1n) is 9.31. The Kier molecular flexibility index (Phi) is 6.18. The van der Waals surface area contributed by atoms with E-state index in [0.717, 1.165) is 10.6 Å². The van der Waals surface area contributed by atoms with Crippen LogP contribution in [0.25, 0.3) is 11.3 Å². The largest absolute Gasteiger partial charge is 0.494 e. The Bertz CT molecular complexity index is 1120. The molecule has 0 spiro atoms. The van der Waals surface area contributed by atoms with Crippen molar-refractivity contribution in [1.29, 1.82) is 0 Å². The smallest absolute Gasteiger partial charge is 0.263 e. The third kappa shape index (κ3) is 4.40. The predicted molar refractivity (Wildman–Crippen MR) is 116 cm³/mol. The average molecular weight is 436 g/mol. The highest BCUT2D eigenvalue weighted by molar-refractivity contribution is 7.93. The van der Waals surface area contributed by atoms with Gasteiger partial charge in [-0.2, -0.15) is 5.10 Å². The summed E-state index contributed by atoms with van der Waals surface area (Å²) in [7, 11) is -3.89. The van der Waals surface area contributed by atoms with Gasteiger partial charge in [-0.3, -0.25) is 9.82 Å². The van der Waals surface area contributed by atoms with Gasteiger partial charge >= 0.3 is 0 Å². The van der Waals surface area contributed by atoms with Crippen LogP contribution < -0.4 is 14.2 Å². The van der Waals surface area contributed by atoms with E-state index in [1.165, 1.54) is 11.3 Å². The van der Waals surface area contributed by atoms with Crippen LogP contribution in [-0.2, 0) is 10.0 Å². The molecule has 2 heterocycles. The zero-order valence-electron chi connectivity index (χ0n) is 17.1. The number of H-pyrrole nitrogens is 1. The Morgan fingerprint density at radius 1 is 1.07 bits per heavy atom. The summed E-state index contributed by atoms with van der Waals surface area (Å²) >= 11 is 1.43. The highest BCUT2D eigenvalue weighted by Crippen LogP contribution is 2.40. The molecule has 0 aliphatic rings.